The summed E-state index contributed by atoms with van der Waals surface area (Å²) in [5.41, 5.74) is 6.72. The van der Waals surface area contributed by atoms with E-state index in [4.69, 9.17) is 28.4 Å². The van der Waals surface area contributed by atoms with Gasteiger partial charge in [-0.2, -0.15) is 4.99 Å². The van der Waals surface area contributed by atoms with E-state index in [1.54, 1.807) is 5.48 Å². The van der Waals surface area contributed by atoms with Gasteiger partial charge in [0.25, 0.3) is 0 Å². The number of hydrogen-bond donors (Lipinski definition) is 5. The molecule has 0 saturated heterocycles. The minimum absolute atomic E-state index is 0.0425. The highest BCUT2D eigenvalue weighted by Gasteiger charge is 1.97. The van der Waals surface area contributed by atoms with Crippen molar-refractivity contribution >= 4 is 22.9 Å². The second-order valence-electron chi connectivity index (χ2n) is 1.60. The Morgan fingerprint density at radius 1 is 1.58 bits per heavy atom. The van der Waals surface area contributed by atoms with E-state index in [0.29, 0.717) is 0 Å². The van der Waals surface area contributed by atoms with Gasteiger partial charge in [0.15, 0.2) is 5.29 Å². The average molecular weight is 193 g/mol. The Hall–Kier alpha value is -1.47. The first-order valence-corrected chi connectivity index (χ1v) is 3.11. The molecule has 12 heavy (non-hydrogen) atoms. The van der Waals surface area contributed by atoms with E-state index >= 15 is 0 Å². The summed E-state index contributed by atoms with van der Waals surface area (Å²) in [7, 11) is 0. The van der Waals surface area contributed by atoms with Gasteiger partial charge in [-0.1, -0.05) is 6.58 Å². The number of nitrogens with zero attached hydrogens (tertiary/aromatic N) is 2. The van der Waals surface area contributed by atoms with Gasteiger partial charge in [-0.15, -0.1) is 5.10 Å². The van der Waals surface area contributed by atoms with Gasteiger partial charge >= 0.3 is 0 Å². The highest BCUT2D eigenvalue weighted by Crippen LogP contribution is 1.82. The van der Waals surface area contributed by atoms with Crippen molar-refractivity contribution in [3.63, 3.8) is 0 Å². The Labute approximate surface area is 73.7 Å². The van der Waals surface area contributed by atoms with E-state index in [2.05, 4.69) is 22.0 Å². The molecule has 0 atom stereocenters. The number of hydrogen-bond acceptors (Lipinski definition) is 4. The highest BCUT2D eigenvalue weighted by atomic mass is 35.5. The van der Waals surface area contributed by atoms with Gasteiger partial charge in [0, 0.05) is 0 Å². The fraction of sp³-hybridized carbons (Fsp3) is 0. The third-order valence-electron chi connectivity index (χ3n) is 0.733. The lowest BCUT2D eigenvalue weighted by molar-refractivity contribution is 0.196. The number of hydrazone groups is 1. The van der Waals surface area contributed by atoms with Gasteiger partial charge in [-0.3, -0.25) is 10.7 Å². The molecular weight excluding hydrogens is 184 g/mol. The third kappa shape index (κ3) is 4.36. The Kier molecular flexibility index (Phi) is 4.58. The van der Waals surface area contributed by atoms with E-state index in [0.717, 1.165) is 0 Å². The summed E-state index contributed by atoms with van der Waals surface area (Å²) in [5, 5.41) is 13.6. The molecular formula is C4H9ClN6O. The van der Waals surface area contributed by atoms with Crippen LogP contribution in [0.1, 0.15) is 0 Å². The van der Waals surface area contributed by atoms with Gasteiger partial charge in [-0.25, -0.2) is 0 Å². The van der Waals surface area contributed by atoms with Crippen LogP contribution in [0.3, 0.4) is 0 Å². The highest BCUT2D eigenvalue weighted by molar-refractivity contribution is 6.65. The van der Waals surface area contributed by atoms with Crippen LogP contribution in [0.4, 0.5) is 0 Å². The second-order valence-corrected chi connectivity index (χ2v) is 1.99. The standard InChI is InChI=1S/C4H9ClN6O/c1-2(11-12)8-4(10-7)9-3(5)6/h11-12H,1,7H2,(H3,6,8,9,10). The van der Waals surface area contributed by atoms with E-state index in [1.165, 1.54) is 0 Å². The molecule has 0 bridgehead atoms. The molecule has 7 nitrogen and oxygen atoms in total. The Balaban J connectivity index is 4.22. The van der Waals surface area contributed by atoms with Gasteiger partial charge in [-0.05, 0) is 11.6 Å². The molecule has 68 valence electrons. The predicted octanol–water partition coefficient (Wildman–Crippen LogP) is -1.19. The molecule has 0 unspecified atom stereocenters. The molecule has 0 aromatic carbocycles. The lowest BCUT2D eigenvalue weighted by atomic mass is 10.8. The van der Waals surface area contributed by atoms with Crippen molar-refractivity contribution in [1.82, 2.24) is 10.8 Å². The lowest BCUT2D eigenvalue weighted by Gasteiger charge is -2.04. The normalized spacial score (nSPS) is 12.5. The van der Waals surface area contributed by atoms with Crippen molar-refractivity contribution in [3.05, 3.63) is 12.4 Å². The molecule has 0 aromatic rings. The van der Waals surface area contributed by atoms with E-state index in [9.17, 15) is 0 Å². The van der Waals surface area contributed by atoms with Crippen molar-refractivity contribution in [3.8, 4) is 0 Å². The van der Waals surface area contributed by atoms with Crippen LogP contribution in [-0.4, -0.2) is 16.5 Å². The Morgan fingerprint density at radius 2 is 2.17 bits per heavy atom. The molecule has 8 heteroatoms. The van der Waals surface area contributed by atoms with Crippen LogP contribution in [0.5, 0.6) is 0 Å². The lowest BCUT2D eigenvalue weighted by Crippen LogP contribution is -2.29. The van der Waals surface area contributed by atoms with Crippen molar-refractivity contribution in [2.24, 2.45) is 21.7 Å². The van der Waals surface area contributed by atoms with Crippen molar-refractivity contribution in [1.29, 1.82) is 0 Å². The molecule has 0 aliphatic rings. The minimum atomic E-state index is -0.238. The summed E-state index contributed by atoms with van der Waals surface area (Å²) in [6, 6.07) is 0. The second kappa shape index (κ2) is 5.22. The minimum Gasteiger partial charge on any atom is -0.374 e. The molecule has 0 aliphatic carbocycles. The quantitative estimate of drug-likeness (QED) is 0.124. The Morgan fingerprint density at radius 3 is 2.50 bits per heavy atom. The number of guanidine groups is 1. The summed E-state index contributed by atoms with van der Waals surface area (Å²) >= 11 is 5.22. The zero-order valence-corrected chi connectivity index (χ0v) is 6.84. The molecule has 0 aliphatic heterocycles. The smallest absolute Gasteiger partial charge is 0.247 e. The van der Waals surface area contributed by atoms with E-state index in [-0.39, 0.29) is 17.1 Å². The Bertz CT molecular complexity index is 220. The molecule has 0 heterocycles. The largest absolute Gasteiger partial charge is 0.374 e. The molecule has 0 amide bonds. The van der Waals surface area contributed by atoms with Crippen LogP contribution in [0.15, 0.2) is 22.5 Å². The summed E-state index contributed by atoms with van der Waals surface area (Å²) < 4.78 is 0. The fourth-order valence-electron chi connectivity index (χ4n) is 0.353. The van der Waals surface area contributed by atoms with Gasteiger partial charge < -0.3 is 16.9 Å². The zero-order chi connectivity index (χ0) is 9.56. The monoisotopic (exact) mass is 192 g/mol. The van der Waals surface area contributed by atoms with Gasteiger partial charge in [0.05, 0.1) is 0 Å². The van der Waals surface area contributed by atoms with Crippen LogP contribution in [0.2, 0.25) is 0 Å². The summed E-state index contributed by atoms with van der Waals surface area (Å²) in [6.45, 7) is 3.31. The van der Waals surface area contributed by atoms with Crippen molar-refractivity contribution < 1.29 is 5.21 Å². The van der Waals surface area contributed by atoms with E-state index < -0.39 is 0 Å². The summed E-state index contributed by atoms with van der Waals surface area (Å²) in [4.78, 5) is 3.45. The SMILES string of the molecule is C=C(NO)NC(N=C(N)Cl)=NN. The predicted molar refractivity (Wildman–Crippen MR) is 46.3 cm³/mol. The molecule has 0 spiro atoms. The maximum Gasteiger partial charge on any atom is 0.247 e. The molecule has 0 saturated carbocycles. The van der Waals surface area contributed by atoms with Gasteiger partial charge in [0.2, 0.25) is 5.96 Å². The van der Waals surface area contributed by atoms with Crippen LogP contribution in [0.25, 0.3) is 0 Å². The zero-order valence-electron chi connectivity index (χ0n) is 6.08. The van der Waals surface area contributed by atoms with Crippen LogP contribution < -0.4 is 22.4 Å². The number of halogens is 1. The number of hydroxylamine groups is 1. The molecule has 7 N–H and O–H groups in total. The maximum atomic E-state index is 8.29. The van der Waals surface area contributed by atoms with Gasteiger partial charge in [0.1, 0.15) is 5.82 Å². The first-order chi connectivity index (χ1) is 5.60. The van der Waals surface area contributed by atoms with E-state index in [1.807, 2.05) is 0 Å². The number of rotatable bonds is 2. The molecule has 0 radical (unpaired) electrons. The number of amidine groups is 1. The van der Waals surface area contributed by atoms with Crippen LogP contribution in [0, 0.1) is 0 Å². The average Bonchev–Trinajstić information content (AvgIpc) is 2.02. The molecule has 0 rings (SSSR count). The number of aliphatic imine (C=N–C) groups is 1. The number of nitrogens with one attached hydrogen (secondary N) is 2. The summed E-state index contributed by atoms with van der Waals surface area (Å²) in [5.74, 6) is 4.85. The number of nitrogens with two attached hydrogens (primary N) is 2. The first kappa shape index (κ1) is 10.5. The van der Waals surface area contributed by atoms with Crippen LogP contribution in [-0.2, 0) is 0 Å². The maximum absolute atomic E-state index is 8.29. The van der Waals surface area contributed by atoms with Crippen molar-refractivity contribution in [2.75, 3.05) is 0 Å². The third-order valence-corrected chi connectivity index (χ3v) is 0.817. The summed E-state index contributed by atoms with van der Waals surface area (Å²) in [6.07, 6.45) is 0. The molecule has 0 aromatic heterocycles. The van der Waals surface area contributed by atoms with Crippen molar-refractivity contribution in [2.45, 2.75) is 0 Å². The fourth-order valence-corrected chi connectivity index (χ4v) is 0.433. The molecule has 0 fully saturated rings. The topological polar surface area (TPSA) is 121 Å². The van der Waals surface area contributed by atoms with Crippen LogP contribution >= 0.6 is 11.6 Å². The first-order valence-electron chi connectivity index (χ1n) is 2.73.